The molecule has 1 heterocycles. The Morgan fingerprint density at radius 1 is 1.62 bits per heavy atom. The Bertz CT molecular complexity index is 420. The Morgan fingerprint density at radius 2 is 2.44 bits per heavy atom. The van der Waals surface area contributed by atoms with Gasteiger partial charge in [0.25, 0.3) is 5.56 Å². The molecule has 2 unspecified atom stereocenters. The van der Waals surface area contributed by atoms with E-state index in [4.69, 9.17) is 5.73 Å². The van der Waals surface area contributed by atoms with Crippen LogP contribution >= 0.6 is 15.9 Å². The second kappa shape index (κ2) is 4.97. The van der Waals surface area contributed by atoms with E-state index in [0.29, 0.717) is 16.2 Å². The van der Waals surface area contributed by atoms with E-state index in [0.717, 1.165) is 19.4 Å². The summed E-state index contributed by atoms with van der Waals surface area (Å²) in [4.78, 5) is 17.9. The molecular formula is C10H15BrN4O. The van der Waals surface area contributed by atoms with Gasteiger partial charge in [-0.05, 0) is 34.7 Å². The topological polar surface area (TPSA) is 83.8 Å². The largest absolute Gasteiger partial charge is 0.369 e. The van der Waals surface area contributed by atoms with Gasteiger partial charge in [-0.15, -0.1) is 0 Å². The number of nitrogens with zero attached hydrogens (tertiary/aromatic N) is 1. The average molecular weight is 287 g/mol. The number of halogens is 1. The van der Waals surface area contributed by atoms with E-state index in [1.807, 2.05) is 0 Å². The maximum atomic E-state index is 11.3. The molecule has 1 aliphatic carbocycles. The number of nitrogens with two attached hydrogens (primary N) is 1. The highest BCUT2D eigenvalue weighted by Crippen LogP contribution is 2.24. The van der Waals surface area contributed by atoms with Gasteiger partial charge in [-0.3, -0.25) is 4.79 Å². The fourth-order valence-electron chi connectivity index (χ4n) is 2.05. The normalized spacial score (nSPS) is 24.6. The lowest BCUT2D eigenvalue weighted by Gasteiger charge is -2.16. The first kappa shape index (κ1) is 11.6. The molecule has 0 bridgehead atoms. The molecule has 1 aromatic heterocycles. The Morgan fingerprint density at radius 3 is 3.12 bits per heavy atom. The minimum absolute atomic E-state index is 0.173. The smallest absolute Gasteiger partial charge is 0.267 e. The van der Waals surface area contributed by atoms with Crippen LogP contribution < -0.4 is 16.6 Å². The van der Waals surface area contributed by atoms with Gasteiger partial charge in [0.05, 0.1) is 6.33 Å². The zero-order valence-electron chi connectivity index (χ0n) is 8.87. The summed E-state index contributed by atoms with van der Waals surface area (Å²) in [5.74, 6) is 1.07. The number of nitrogens with one attached hydrogen (secondary N) is 2. The summed E-state index contributed by atoms with van der Waals surface area (Å²) in [6.45, 7) is 0.774. The number of anilines is 1. The number of hydrogen-bond acceptors (Lipinski definition) is 4. The summed E-state index contributed by atoms with van der Waals surface area (Å²) < 4.78 is 0.446. The van der Waals surface area contributed by atoms with Crippen molar-refractivity contribution < 1.29 is 0 Å². The Balaban J connectivity index is 1.99. The van der Waals surface area contributed by atoms with Gasteiger partial charge in [0.1, 0.15) is 10.3 Å². The standard InChI is InChI=1S/C10H15BrN4O/c11-8-9(14-5-15-10(8)16)13-4-6-2-1-3-7(6)12/h5-7H,1-4,12H2,(H2,13,14,15,16). The number of rotatable bonds is 3. The fourth-order valence-corrected chi connectivity index (χ4v) is 2.41. The van der Waals surface area contributed by atoms with Gasteiger partial charge in [0, 0.05) is 12.6 Å². The number of hydrogen-bond donors (Lipinski definition) is 3. The van der Waals surface area contributed by atoms with Gasteiger partial charge in [-0.2, -0.15) is 0 Å². The summed E-state index contributed by atoms with van der Waals surface area (Å²) in [7, 11) is 0. The Kier molecular flexibility index (Phi) is 3.60. The van der Waals surface area contributed by atoms with Gasteiger partial charge in [0.15, 0.2) is 0 Å². The fraction of sp³-hybridized carbons (Fsp3) is 0.600. The minimum Gasteiger partial charge on any atom is -0.369 e. The SMILES string of the molecule is NC1CCCC1CNc1nc[nH]c(=O)c1Br. The van der Waals surface area contributed by atoms with Crippen molar-refractivity contribution in [3.63, 3.8) is 0 Å². The summed E-state index contributed by atoms with van der Waals surface area (Å²) in [6.07, 6.45) is 4.83. The first-order valence-electron chi connectivity index (χ1n) is 5.41. The molecule has 6 heteroatoms. The van der Waals surface area contributed by atoms with Crippen molar-refractivity contribution >= 4 is 21.7 Å². The molecule has 0 spiro atoms. The van der Waals surface area contributed by atoms with Crippen LogP contribution in [0.25, 0.3) is 0 Å². The van der Waals surface area contributed by atoms with Gasteiger partial charge in [0.2, 0.25) is 0 Å². The molecule has 0 radical (unpaired) electrons. The van der Waals surface area contributed by atoms with Crippen molar-refractivity contribution in [2.45, 2.75) is 25.3 Å². The van der Waals surface area contributed by atoms with Crippen molar-refractivity contribution in [2.24, 2.45) is 11.7 Å². The maximum absolute atomic E-state index is 11.3. The predicted molar refractivity (Wildman–Crippen MR) is 66.4 cm³/mol. The maximum Gasteiger partial charge on any atom is 0.267 e. The number of H-pyrrole nitrogens is 1. The molecule has 5 nitrogen and oxygen atoms in total. The molecule has 88 valence electrons. The highest BCUT2D eigenvalue weighted by Gasteiger charge is 2.23. The highest BCUT2D eigenvalue weighted by atomic mass is 79.9. The number of aromatic amines is 1. The molecule has 1 aliphatic rings. The van der Waals surface area contributed by atoms with E-state index >= 15 is 0 Å². The van der Waals surface area contributed by atoms with Crippen molar-refractivity contribution in [3.8, 4) is 0 Å². The highest BCUT2D eigenvalue weighted by molar-refractivity contribution is 9.10. The molecule has 0 saturated heterocycles. The van der Waals surface area contributed by atoms with Crippen LogP contribution in [-0.2, 0) is 0 Å². The quantitative estimate of drug-likeness (QED) is 0.776. The van der Waals surface area contributed by atoms with Crippen molar-refractivity contribution in [1.29, 1.82) is 0 Å². The number of aromatic nitrogens is 2. The molecule has 16 heavy (non-hydrogen) atoms. The molecule has 1 saturated carbocycles. The lowest BCUT2D eigenvalue weighted by atomic mass is 10.1. The molecule has 2 atom stereocenters. The van der Waals surface area contributed by atoms with E-state index in [-0.39, 0.29) is 11.6 Å². The van der Waals surface area contributed by atoms with Gasteiger partial charge < -0.3 is 16.0 Å². The molecule has 0 aliphatic heterocycles. The van der Waals surface area contributed by atoms with E-state index in [1.54, 1.807) is 0 Å². The second-order valence-corrected chi connectivity index (χ2v) is 4.92. The Hall–Kier alpha value is -0.880. The third-order valence-corrected chi connectivity index (χ3v) is 3.78. The first-order valence-corrected chi connectivity index (χ1v) is 6.20. The van der Waals surface area contributed by atoms with Crippen LogP contribution in [-0.4, -0.2) is 22.6 Å². The van der Waals surface area contributed by atoms with Crippen LogP contribution in [0.1, 0.15) is 19.3 Å². The van der Waals surface area contributed by atoms with Gasteiger partial charge in [-0.25, -0.2) is 4.98 Å². The zero-order chi connectivity index (χ0) is 11.5. The summed E-state index contributed by atoms with van der Waals surface area (Å²) >= 11 is 3.20. The third kappa shape index (κ3) is 2.44. The van der Waals surface area contributed by atoms with E-state index in [9.17, 15) is 4.79 Å². The van der Waals surface area contributed by atoms with Crippen LogP contribution in [0.15, 0.2) is 15.6 Å². The monoisotopic (exact) mass is 286 g/mol. The molecule has 0 amide bonds. The van der Waals surface area contributed by atoms with E-state index in [1.165, 1.54) is 12.7 Å². The van der Waals surface area contributed by atoms with Crippen LogP contribution in [0, 0.1) is 5.92 Å². The minimum atomic E-state index is -0.173. The van der Waals surface area contributed by atoms with Gasteiger partial charge >= 0.3 is 0 Å². The van der Waals surface area contributed by atoms with Crippen LogP contribution in [0.5, 0.6) is 0 Å². The molecule has 1 fully saturated rings. The zero-order valence-corrected chi connectivity index (χ0v) is 10.5. The van der Waals surface area contributed by atoms with Crippen molar-refractivity contribution in [3.05, 3.63) is 21.2 Å². The molecule has 1 aromatic rings. The molecule has 4 N–H and O–H groups in total. The molecular weight excluding hydrogens is 272 g/mol. The summed E-state index contributed by atoms with van der Waals surface area (Å²) in [5.41, 5.74) is 5.80. The second-order valence-electron chi connectivity index (χ2n) is 4.13. The van der Waals surface area contributed by atoms with E-state index in [2.05, 4.69) is 31.2 Å². The van der Waals surface area contributed by atoms with Crippen LogP contribution in [0.4, 0.5) is 5.82 Å². The van der Waals surface area contributed by atoms with E-state index < -0.39 is 0 Å². The molecule has 0 aromatic carbocycles. The van der Waals surface area contributed by atoms with Crippen molar-refractivity contribution in [1.82, 2.24) is 9.97 Å². The predicted octanol–water partition coefficient (Wildman–Crippen LogP) is 1.07. The van der Waals surface area contributed by atoms with Crippen molar-refractivity contribution in [2.75, 3.05) is 11.9 Å². The van der Waals surface area contributed by atoms with Crippen LogP contribution in [0.2, 0.25) is 0 Å². The van der Waals surface area contributed by atoms with Gasteiger partial charge in [-0.1, -0.05) is 6.42 Å². The summed E-state index contributed by atoms with van der Waals surface area (Å²) in [5, 5.41) is 3.17. The van der Waals surface area contributed by atoms with Crippen LogP contribution in [0.3, 0.4) is 0 Å². The summed E-state index contributed by atoms with van der Waals surface area (Å²) in [6, 6.07) is 0.272. The lowest BCUT2D eigenvalue weighted by molar-refractivity contribution is 0.504. The Labute approximate surface area is 102 Å². The average Bonchev–Trinajstić information content (AvgIpc) is 2.67. The first-order chi connectivity index (χ1) is 7.68. The lowest BCUT2D eigenvalue weighted by Crippen LogP contribution is -2.30. The third-order valence-electron chi connectivity index (χ3n) is 3.05. The molecule has 2 rings (SSSR count).